The summed E-state index contributed by atoms with van der Waals surface area (Å²) in [6.45, 7) is 7.56. The fourth-order valence-electron chi connectivity index (χ4n) is 2.08. The Balaban J connectivity index is 2.62. The molecule has 0 saturated carbocycles. The van der Waals surface area contributed by atoms with Gasteiger partial charge in [-0.1, -0.05) is 0 Å². The van der Waals surface area contributed by atoms with Crippen molar-refractivity contribution in [1.82, 2.24) is 9.88 Å². The average Bonchev–Trinajstić information content (AvgIpc) is 2.41. The van der Waals surface area contributed by atoms with Crippen molar-refractivity contribution >= 4 is 5.97 Å². The summed E-state index contributed by atoms with van der Waals surface area (Å²) in [5, 5.41) is 0. The predicted molar refractivity (Wildman–Crippen MR) is 77.8 cm³/mol. The highest BCUT2D eigenvalue weighted by Gasteiger charge is 2.12. The number of carbonyl (C=O) groups is 1. The van der Waals surface area contributed by atoms with Crippen molar-refractivity contribution in [3.8, 4) is 5.75 Å². The van der Waals surface area contributed by atoms with E-state index in [1.165, 1.54) is 0 Å². The fraction of sp³-hybridized carbons (Fsp3) is 0.600. The van der Waals surface area contributed by atoms with Gasteiger partial charge in [0.1, 0.15) is 5.75 Å². The van der Waals surface area contributed by atoms with Gasteiger partial charge in [-0.3, -0.25) is 14.7 Å². The Morgan fingerprint density at radius 3 is 2.70 bits per heavy atom. The second-order valence-electron chi connectivity index (χ2n) is 4.84. The molecular formula is C15H24N2O3. The van der Waals surface area contributed by atoms with E-state index >= 15 is 0 Å². The van der Waals surface area contributed by atoms with E-state index in [0.717, 1.165) is 22.6 Å². The number of hydrogen-bond donors (Lipinski definition) is 0. The molecule has 0 amide bonds. The van der Waals surface area contributed by atoms with Crippen molar-refractivity contribution in [3.05, 3.63) is 23.0 Å². The highest BCUT2D eigenvalue weighted by Crippen LogP contribution is 2.24. The number of pyridine rings is 1. The summed E-state index contributed by atoms with van der Waals surface area (Å²) in [6, 6.07) is 0. The largest absolute Gasteiger partial charge is 0.496 e. The zero-order valence-electron chi connectivity index (χ0n) is 13.0. The van der Waals surface area contributed by atoms with Crippen LogP contribution in [0.4, 0.5) is 0 Å². The maximum atomic E-state index is 11.3. The predicted octanol–water partition coefficient (Wildman–Crippen LogP) is 2.09. The van der Waals surface area contributed by atoms with E-state index in [2.05, 4.69) is 9.88 Å². The van der Waals surface area contributed by atoms with Crippen LogP contribution in [0.25, 0.3) is 0 Å². The highest BCUT2D eigenvalue weighted by atomic mass is 16.5. The number of aryl methyl sites for hydroxylation is 1. The van der Waals surface area contributed by atoms with Crippen LogP contribution in [-0.2, 0) is 16.1 Å². The molecule has 20 heavy (non-hydrogen) atoms. The van der Waals surface area contributed by atoms with E-state index in [-0.39, 0.29) is 5.97 Å². The summed E-state index contributed by atoms with van der Waals surface area (Å²) < 4.78 is 10.3. The topological polar surface area (TPSA) is 51.7 Å². The first-order chi connectivity index (χ1) is 9.49. The Kier molecular flexibility index (Phi) is 6.45. The van der Waals surface area contributed by atoms with Gasteiger partial charge in [-0.2, -0.15) is 0 Å². The molecule has 112 valence electrons. The molecular weight excluding hydrogens is 256 g/mol. The van der Waals surface area contributed by atoms with E-state index in [9.17, 15) is 4.79 Å². The van der Waals surface area contributed by atoms with Gasteiger partial charge in [0, 0.05) is 30.4 Å². The lowest BCUT2D eigenvalue weighted by atomic mass is 10.1. The summed E-state index contributed by atoms with van der Waals surface area (Å²) in [5.74, 6) is 0.722. The monoisotopic (exact) mass is 280 g/mol. The molecule has 0 aliphatic heterocycles. The molecule has 0 aromatic carbocycles. The molecule has 1 aromatic rings. The Bertz CT molecular complexity index is 461. The van der Waals surface area contributed by atoms with Crippen LogP contribution in [0.5, 0.6) is 5.75 Å². The molecule has 0 N–H and O–H groups in total. The molecule has 0 radical (unpaired) electrons. The molecule has 0 unspecified atom stereocenters. The maximum Gasteiger partial charge on any atom is 0.307 e. The summed E-state index contributed by atoms with van der Waals surface area (Å²) in [4.78, 5) is 17.8. The second kappa shape index (κ2) is 7.85. The molecule has 1 heterocycles. The van der Waals surface area contributed by atoms with Gasteiger partial charge in [-0.05, 0) is 27.8 Å². The van der Waals surface area contributed by atoms with Crippen LogP contribution in [0.1, 0.15) is 30.2 Å². The number of nitrogens with zero attached hydrogens (tertiary/aromatic N) is 2. The highest BCUT2D eigenvalue weighted by molar-refractivity contribution is 5.69. The normalized spacial score (nSPS) is 10.7. The summed E-state index contributed by atoms with van der Waals surface area (Å²) >= 11 is 0. The Morgan fingerprint density at radius 1 is 1.40 bits per heavy atom. The molecule has 0 aliphatic carbocycles. The first-order valence-electron chi connectivity index (χ1n) is 6.82. The van der Waals surface area contributed by atoms with Crippen molar-refractivity contribution in [1.29, 1.82) is 0 Å². The number of rotatable bonds is 7. The van der Waals surface area contributed by atoms with E-state index in [1.54, 1.807) is 7.11 Å². The van der Waals surface area contributed by atoms with Gasteiger partial charge in [0.05, 0.1) is 25.8 Å². The van der Waals surface area contributed by atoms with Crippen molar-refractivity contribution < 1.29 is 14.3 Å². The second-order valence-corrected chi connectivity index (χ2v) is 4.84. The molecule has 0 aliphatic rings. The van der Waals surface area contributed by atoms with Crippen molar-refractivity contribution in [2.75, 3.05) is 27.3 Å². The van der Waals surface area contributed by atoms with Gasteiger partial charge in [-0.25, -0.2) is 0 Å². The SMILES string of the molecule is CCOC(=O)CCN(C)Cc1ncc(C)c(OC)c1C. The van der Waals surface area contributed by atoms with Gasteiger partial charge in [0.25, 0.3) is 0 Å². The molecule has 0 spiro atoms. The number of methoxy groups -OCH3 is 1. The average molecular weight is 280 g/mol. The van der Waals surface area contributed by atoms with Crippen molar-refractivity contribution in [3.63, 3.8) is 0 Å². The molecule has 5 nitrogen and oxygen atoms in total. The lowest BCUT2D eigenvalue weighted by Crippen LogP contribution is -2.23. The molecule has 0 atom stereocenters. The van der Waals surface area contributed by atoms with Crippen LogP contribution in [0.15, 0.2) is 6.20 Å². The van der Waals surface area contributed by atoms with Gasteiger partial charge in [0.15, 0.2) is 0 Å². The van der Waals surface area contributed by atoms with E-state index in [1.807, 2.05) is 34.0 Å². The Morgan fingerprint density at radius 2 is 2.10 bits per heavy atom. The van der Waals surface area contributed by atoms with Gasteiger partial charge < -0.3 is 9.47 Å². The molecule has 5 heteroatoms. The molecule has 0 bridgehead atoms. The molecule has 1 aromatic heterocycles. The minimum Gasteiger partial charge on any atom is -0.496 e. The van der Waals surface area contributed by atoms with Gasteiger partial charge >= 0.3 is 5.97 Å². The van der Waals surface area contributed by atoms with Gasteiger partial charge in [-0.15, -0.1) is 0 Å². The molecule has 0 saturated heterocycles. The summed E-state index contributed by atoms with van der Waals surface area (Å²) in [6.07, 6.45) is 2.22. The van der Waals surface area contributed by atoms with Crippen LogP contribution in [0.3, 0.4) is 0 Å². The minimum absolute atomic E-state index is 0.162. The number of ether oxygens (including phenoxy) is 2. The van der Waals surface area contributed by atoms with Crippen LogP contribution in [0.2, 0.25) is 0 Å². The zero-order valence-corrected chi connectivity index (χ0v) is 13.0. The summed E-state index contributed by atoms with van der Waals surface area (Å²) in [7, 11) is 3.64. The standard InChI is InChI=1S/C15H24N2O3/c1-6-20-14(18)7-8-17(4)10-13-12(3)15(19-5)11(2)9-16-13/h9H,6-8,10H2,1-5H3. The first kappa shape index (κ1) is 16.4. The minimum atomic E-state index is -0.162. The maximum absolute atomic E-state index is 11.3. The van der Waals surface area contributed by atoms with Crippen molar-refractivity contribution in [2.45, 2.75) is 33.7 Å². The van der Waals surface area contributed by atoms with E-state index < -0.39 is 0 Å². The molecule has 0 fully saturated rings. The van der Waals surface area contributed by atoms with Crippen LogP contribution < -0.4 is 4.74 Å². The number of aromatic nitrogens is 1. The Labute approximate surface area is 120 Å². The quantitative estimate of drug-likeness (QED) is 0.716. The third kappa shape index (κ3) is 4.49. The number of esters is 1. The van der Waals surface area contributed by atoms with E-state index in [4.69, 9.17) is 9.47 Å². The van der Waals surface area contributed by atoms with Crippen molar-refractivity contribution in [2.24, 2.45) is 0 Å². The lowest BCUT2D eigenvalue weighted by Gasteiger charge is -2.18. The third-order valence-electron chi connectivity index (χ3n) is 3.17. The van der Waals surface area contributed by atoms with E-state index in [0.29, 0.717) is 26.1 Å². The molecule has 1 rings (SSSR count). The fourth-order valence-corrected chi connectivity index (χ4v) is 2.08. The zero-order chi connectivity index (χ0) is 15.1. The number of hydrogen-bond acceptors (Lipinski definition) is 5. The number of carbonyl (C=O) groups excluding carboxylic acids is 1. The van der Waals surface area contributed by atoms with Crippen LogP contribution in [-0.4, -0.2) is 43.2 Å². The first-order valence-corrected chi connectivity index (χ1v) is 6.82. The lowest BCUT2D eigenvalue weighted by molar-refractivity contribution is -0.143. The summed E-state index contributed by atoms with van der Waals surface area (Å²) in [5.41, 5.74) is 3.05. The smallest absolute Gasteiger partial charge is 0.307 e. The third-order valence-corrected chi connectivity index (χ3v) is 3.17. The van der Waals surface area contributed by atoms with Gasteiger partial charge in [0.2, 0.25) is 0 Å². The van der Waals surface area contributed by atoms with Crippen LogP contribution >= 0.6 is 0 Å². The Hall–Kier alpha value is -1.62. The van der Waals surface area contributed by atoms with Crippen LogP contribution in [0, 0.1) is 13.8 Å².